The summed E-state index contributed by atoms with van der Waals surface area (Å²) in [7, 11) is 0. The molecule has 0 aliphatic carbocycles. The van der Waals surface area contributed by atoms with Crippen LogP contribution in [-0.4, -0.2) is 35.9 Å². The molecule has 0 aliphatic heterocycles. The first kappa shape index (κ1) is 20.5. The first-order valence-electron chi connectivity index (χ1n) is 9.30. The molecule has 1 heterocycles. The summed E-state index contributed by atoms with van der Waals surface area (Å²) in [6.45, 7) is 12.0. The van der Waals surface area contributed by atoms with Gasteiger partial charge in [0, 0.05) is 13.5 Å². The minimum atomic E-state index is 0.0182. The van der Waals surface area contributed by atoms with Crippen LogP contribution in [0.3, 0.4) is 0 Å². The van der Waals surface area contributed by atoms with Crippen molar-refractivity contribution in [3.05, 3.63) is 35.5 Å². The lowest BCUT2D eigenvalue weighted by atomic mass is 10.1. The van der Waals surface area contributed by atoms with E-state index in [-0.39, 0.29) is 6.04 Å². The molecule has 0 fully saturated rings. The van der Waals surface area contributed by atoms with Crippen molar-refractivity contribution in [1.82, 2.24) is 20.8 Å². The van der Waals surface area contributed by atoms with Gasteiger partial charge in [0.1, 0.15) is 6.54 Å². The smallest absolute Gasteiger partial charge is 0.223 e. The number of aromatic nitrogens is 2. The van der Waals surface area contributed by atoms with Gasteiger partial charge in [-0.15, -0.1) is 0 Å². The molecule has 1 aromatic carbocycles. The Balaban J connectivity index is 2.11. The molecule has 8 heteroatoms. The van der Waals surface area contributed by atoms with E-state index in [1.165, 1.54) is 0 Å². The maximum Gasteiger partial charge on any atom is 0.223 e. The predicted octanol–water partition coefficient (Wildman–Crippen LogP) is 2.99. The fraction of sp³-hybridized carbons (Fsp3) is 0.526. The number of guanidine groups is 1. The molecule has 8 nitrogen and oxygen atoms in total. The highest BCUT2D eigenvalue weighted by Gasteiger charge is 2.13. The molecule has 27 heavy (non-hydrogen) atoms. The highest BCUT2D eigenvalue weighted by atomic mass is 16.5. The largest absolute Gasteiger partial charge is 0.490 e. The highest BCUT2D eigenvalue weighted by Crippen LogP contribution is 2.30. The molecule has 0 saturated heterocycles. The van der Waals surface area contributed by atoms with E-state index in [1.807, 2.05) is 39.0 Å². The molecule has 148 valence electrons. The zero-order chi connectivity index (χ0) is 19.6. The summed E-state index contributed by atoms with van der Waals surface area (Å²) >= 11 is 0. The monoisotopic (exact) mass is 375 g/mol. The summed E-state index contributed by atoms with van der Waals surface area (Å²) in [6.07, 6.45) is 0. The molecule has 0 aliphatic rings. The van der Waals surface area contributed by atoms with E-state index in [1.54, 1.807) is 6.92 Å². The van der Waals surface area contributed by atoms with Crippen LogP contribution in [0.25, 0.3) is 0 Å². The van der Waals surface area contributed by atoms with Crippen LogP contribution in [0.1, 0.15) is 51.0 Å². The predicted molar refractivity (Wildman–Crippen MR) is 104 cm³/mol. The number of aliphatic imine (C=N–C) groups is 1. The van der Waals surface area contributed by atoms with Crippen LogP contribution < -0.4 is 20.1 Å². The molecule has 0 radical (unpaired) electrons. The molecular weight excluding hydrogens is 346 g/mol. The van der Waals surface area contributed by atoms with Gasteiger partial charge in [0.15, 0.2) is 23.3 Å². The van der Waals surface area contributed by atoms with Crippen molar-refractivity contribution in [2.75, 3.05) is 19.8 Å². The summed E-state index contributed by atoms with van der Waals surface area (Å²) in [5, 5.41) is 10.5. The number of benzene rings is 1. The van der Waals surface area contributed by atoms with Crippen LogP contribution in [0.15, 0.2) is 27.7 Å². The van der Waals surface area contributed by atoms with Gasteiger partial charge in [-0.25, -0.2) is 4.99 Å². The minimum Gasteiger partial charge on any atom is -0.490 e. The van der Waals surface area contributed by atoms with Crippen molar-refractivity contribution in [3.8, 4) is 11.5 Å². The Morgan fingerprint density at radius 1 is 1.19 bits per heavy atom. The molecule has 2 aromatic rings. The Kier molecular flexibility index (Phi) is 7.91. The lowest BCUT2D eigenvalue weighted by molar-refractivity contribution is 0.287. The summed E-state index contributed by atoms with van der Waals surface area (Å²) in [4.78, 5) is 8.69. The molecule has 2 rings (SSSR count). The number of aryl methyl sites for hydroxylation is 1. The van der Waals surface area contributed by atoms with Gasteiger partial charge >= 0.3 is 0 Å². The summed E-state index contributed by atoms with van der Waals surface area (Å²) in [6, 6.07) is 5.98. The van der Waals surface area contributed by atoms with Gasteiger partial charge in [0.2, 0.25) is 5.89 Å². The summed E-state index contributed by atoms with van der Waals surface area (Å²) in [5.74, 6) is 3.26. The molecule has 0 spiro atoms. The normalized spacial score (nSPS) is 12.6. The van der Waals surface area contributed by atoms with Crippen molar-refractivity contribution in [2.45, 2.75) is 47.2 Å². The van der Waals surface area contributed by atoms with Gasteiger partial charge in [-0.05, 0) is 45.4 Å². The topological polar surface area (TPSA) is 93.8 Å². The fourth-order valence-electron chi connectivity index (χ4n) is 2.50. The van der Waals surface area contributed by atoms with Crippen molar-refractivity contribution < 1.29 is 14.0 Å². The molecule has 0 amide bonds. The van der Waals surface area contributed by atoms with E-state index >= 15 is 0 Å². The number of hydrogen-bond donors (Lipinski definition) is 2. The Labute approximate surface area is 160 Å². The number of hydrogen-bond acceptors (Lipinski definition) is 6. The number of nitrogens with zero attached hydrogens (tertiary/aromatic N) is 3. The van der Waals surface area contributed by atoms with E-state index in [2.05, 4.69) is 32.7 Å². The second-order valence-electron chi connectivity index (χ2n) is 5.86. The molecule has 1 unspecified atom stereocenters. The van der Waals surface area contributed by atoms with Gasteiger partial charge in [0.25, 0.3) is 0 Å². The maximum atomic E-state index is 5.71. The van der Waals surface area contributed by atoms with Gasteiger partial charge in [-0.3, -0.25) is 0 Å². The standard InChI is InChI=1S/C19H29N5O3/c1-6-20-19(21-12-18-23-14(5)27-24-18)22-13(4)15-9-10-16(25-7-2)17(11-15)26-8-3/h9-11,13H,6-8,12H2,1-5H3,(H2,20,21,22). The third-order valence-corrected chi connectivity index (χ3v) is 3.71. The van der Waals surface area contributed by atoms with Crippen molar-refractivity contribution in [1.29, 1.82) is 0 Å². The van der Waals surface area contributed by atoms with E-state index in [4.69, 9.17) is 14.0 Å². The Hall–Kier alpha value is -2.77. The van der Waals surface area contributed by atoms with Crippen molar-refractivity contribution in [2.24, 2.45) is 4.99 Å². The van der Waals surface area contributed by atoms with Crippen LogP contribution in [0.5, 0.6) is 11.5 Å². The quantitative estimate of drug-likeness (QED) is 0.514. The lowest BCUT2D eigenvalue weighted by Gasteiger charge is -2.20. The molecule has 2 N–H and O–H groups in total. The van der Waals surface area contributed by atoms with E-state index in [0.717, 1.165) is 23.6 Å². The maximum absolute atomic E-state index is 5.71. The van der Waals surface area contributed by atoms with Crippen LogP contribution in [0.4, 0.5) is 0 Å². The average Bonchev–Trinajstić information content (AvgIpc) is 3.07. The second-order valence-corrected chi connectivity index (χ2v) is 5.86. The van der Waals surface area contributed by atoms with E-state index in [0.29, 0.717) is 37.4 Å². The van der Waals surface area contributed by atoms with Gasteiger partial charge in [0.05, 0.1) is 19.3 Å². The van der Waals surface area contributed by atoms with Crippen LogP contribution in [0, 0.1) is 6.92 Å². The highest BCUT2D eigenvalue weighted by molar-refractivity contribution is 5.80. The number of nitrogens with one attached hydrogen (secondary N) is 2. The molecule has 0 saturated carbocycles. The van der Waals surface area contributed by atoms with Crippen molar-refractivity contribution in [3.63, 3.8) is 0 Å². The zero-order valence-corrected chi connectivity index (χ0v) is 16.7. The summed E-state index contributed by atoms with van der Waals surface area (Å²) in [5.41, 5.74) is 1.07. The molecular formula is C19H29N5O3. The van der Waals surface area contributed by atoms with Gasteiger partial charge < -0.3 is 24.6 Å². The number of rotatable bonds is 9. The average molecular weight is 375 g/mol. The van der Waals surface area contributed by atoms with Crippen LogP contribution in [-0.2, 0) is 6.54 Å². The minimum absolute atomic E-state index is 0.0182. The van der Waals surface area contributed by atoms with E-state index in [9.17, 15) is 0 Å². The number of ether oxygens (including phenoxy) is 2. The van der Waals surface area contributed by atoms with Gasteiger partial charge in [-0.1, -0.05) is 11.2 Å². The first-order valence-corrected chi connectivity index (χ1v) is 9.30. The third kappa shape index (κ3) is 6.16. The van der Waals surface area contributed by atoms with Crippen molar-refractivity contribution >= 4 is 5.96 Å². The fourth-order valence-corrected chi connectivity index (χ4v) is 2.50. The Morgan fingerprint density at radius 3 is 2.56 bits per heavy atom. The van der Waals surface area contributed by atoms with Gasteiger partial charge in [-0.2, -0.15) is 4.98 Å². The lowest BCUT2D eigenvalue weighted by Crippen LogP contribution is -2.38. The molecule has 0 bridgehead atoms. The van der Waals surface area contributed by atoms with E-state index < -0.39 is 0 Å². The second kappa shape index (κ2) is 10.4. The molecule has 1 aromatic heterocycles. The Morgan fingerprint density at radius 2 is 1.93 bits per heavy atom. The Bertz CT molecular complexity index is 745. The third-order valence-electron chi connectivity index (χ3n) is 3.71. The SMILES string of the molecule is CCNC(=NCc1noc(C)n1)NC(C)c1ccc(OCC)c(OCC)c1. The van der Waals surface area contributed by atoms with Crippen LogP contribution >= 0.6 is 0 Å². The first-order chi connectivity index (χ1) is 13.1. The van der Waals surface area contributed by atoms with Crippen LogP contribution in [0.2, 0.25) is 0 Å². The zero-order valence-electron chi connectivity index (χ0n) is 16.7. The summed E-state index contributed by atoms with van der Waals surface area (Å²) < 4.78 is 16.3. The molecule has 1 atom stereocenters.